The van der Waals surface area contributed by atoms with Gasteiger partial charge in [-0.15, -0.1) is 0 Å². The number of hydrogen-bond acceptors (Lipinski definition) is 4. The maximum Gasteiger partial charge on any atom is 0.490 e. The highest BCUT2D eigenvalue weighted by molar-refractivity contribution is 9.10. The molecular formula is C24H20BrF3N2O5. The summed E-state index contributed by atoms with van der Waals surface area (Å²) in [5.74, 6) is -4.10. The number of aromatic carboxylic acids is 1. The van der Waals surface area contributed by atoms with Crippen LogP contribution in [0.4, 0.5) is 24.5 Å². The molecule has 0 unspecified atom stereocenters. The van der Waals surface area contributed by atoms with E-state index in [2.05, 4.69) is 21.2 Å². The SMILES string of the molecule is CN(Cc1ccccc1)c1ccc(NC(=O)c2ccc(Br)cc2)cc1C(=O)O.O=C(O)C(F)(F)F. The second-order valence-corrected chi connectivity index (χ2v) is 8.06. The van der Waals surface area contributed by atoms with Gasteiger partial charge in [0, 0.05) is 29.3 Å². The zero-order valence-electron chi connectivity index (χ0n) is 18.2. The van der Waals surface area contributed by atoms with Gasteiger partial charge < -0.3 is 20.4 Å². The molecule has 0 fully saturated rings. The third-order valence-electron chi connectivity index (χ3n) is 4.51. The van der Waals surface area contributed by atoms with E-state index in [9.17, 15) is 27.9 Å². The van der Waals surface area contributed by atoms with Crippen LogP contribution in [0, 0.1) is 0 Å². The molecule has 3 rings (SSSR count). The highest BCUT2D eigenvalue weighted by Crippen LogP contribution is 2.25. The predicted molar refractivity (Wildman–Crippen MR) is 128 cm³/mol. The topological polar surface area (TPSA) is 107 Å². The van der Waals surface area contributed by atoms with Crippen molar-refractivity contribution in [2.45, 2.75) is 12.7 Å². The van der Waals surface area contributed by atoms with Gasteiger partial charge in [-0.25, -0.2) is 9.59 Å². The Morgan fingerprint density at radius 2 is 1.51 bits per heavy atom. The van der Waals surface area contributed by atoms with Gasteiger partial charge in [-0.05, 0) is 48.0 Å². The van der Waals surface area contributed by atoms with Gasteiger partial charge in [-0.1, -0.05) is 46.3 Å². The van der Waals surface area contributed by atoms with Crippen molar-refractivity contribution in [3.8, 4) is 0 Å². The summed E-state index contributed by atoms with van der Waals surface area (Å²) in [6.07, 6.45) is -5.08. The molecule has 0 spiro atoms. The van der Waals surface area contributed by atoms with Gasteiger partial charge in [0.25, 0.3) is 5.91 Å². The third-order valence-corrected chi connectivity index (χ3v) is 5.04. The largest absolute Gasteiger partial charge is 0.490 e. The van der Waals surface area contributed by atoms with Crippen LogP contribution < -0.4 is 10.2 Å². The lowest BCUT2D eigenvalue weighted by Gasteiger charge is -2.22. The Bertz CT molecular complexity index is 1190. The Labute approximate surface area is 206 Å². The number of amides is 1. The minimum Gasteiger partial charge on any atom is -0.478 e. The maximum absolute atomic E-state index is 12.4. The summed E-state index contributed by atoms with van der Waals surface area (Å²) >= 11 is 3.33. The number of carbonyl (C=O) groups excluding carboxylic acids is 1. The molecule has 0 aliphatic rings. The first-order valence-electron chi connectivity index (χ1n) is 9.88. The average Bonchev–Trinajstić information content (AvgIpc) is 2.79. The highest BCUT2D eigenvalue weighted by atomic mass is 79.9. The zero-order valence-corrected chi connectivity index (χ0v) is 19.8. The Kier molecular flexibility index (Phi) is 9.41. The number of nitrogens with zero attached hydrogens (tertiary/aromatic N) is 1. The van der Waals surface area contributed by atoms with Crippen LogP contribution in [-0.2, 0) is 11.3 Å². The van der Waals surface area contributed by atoms with Crippen LogP contribution in [0.5, 0.6) is 0 Å². The van der Waals surface area contributed by atoms with Crippen LogP contribution in [0.3, 0.4) is 0 Å². The fourth-order valence-corrected chi connectivity index (χ4v) is 3.13. The molecule has 0 atom stereocenters. The van der Waals surface area contributed by atoms with Gasteiger partial charge in [-0.2, -0.15) is 13.2 Å². The van der Waals surface area contributed by atoms with E-state index in [-0.39, 0.29) is 11.5 Å². The van der Waals surface area contributed by atoms with Crippen LogP contribution in [-0.4, -0.2) is 41.3 Å². The second-order valence-electron chi connectivity index (χ2n) is 7.14. The summed E-state index contributed by atoms with van der Waals surface area (Å²) in [5, 5.41) is 19.5. The number of carbonyl (C=O) groups is 3. The van der Waals surface area contributed by atoms with Crippen LogP contribution in [0.25, 0.3) is 0 Å². The second kappa shape index (κ2) is 12.0. The molecule has 0 saturated carbocycles. The number of alkyl halides is 3. The minimum absolute atomic E-state index is 0.132. The van der Waals surface area contributed by atoms with E-state index in [0.717, 1.165) is 10.0 Å². The summed E-state index contributed by atoms with van der Waals surface area (Å²) in [5.41, 5.74) is 2.71. The Morgan fingerprint density at radius 3 is 2.03 bits per heavy atom. The van der Waals surface area contributed by atoms with Gasteiger partial charge in [0.2, 0.25) is 0 Å². The lowest BCUT2D eigenvalue weighted by atomic mass is 10.1. The van der Waals surface area contributed by atoms with E-state index in [0.29, 0.717) is 23.5 Å². The first-order valence-corrected chi connectivity index (χ1v) is 10.7. The van der Waals surface area contributed by atoms with E-state index >= 15 is 0 Å². The molecule has 0 aromatic heterocycles. The van der Waals surface area contributed by atoms with Crippen molar-refractivity contribution >= 4 is 45.2 Å². The number of aliphatic carboxylic acids is 1. The molecule has 184 valence electrons. The molecule has 0 radical (unpaired) electrons. The number of carboxylic acid groups (broad SMARTS) is 2. The molecule has 3 aromatic rings. The molecule has 1 amide bonds. The number of carboxylic acids is 2. The number of benzene rings is 3. The smallest absolute Gasteiger partial charge is 0.478 e. The lowest BCUT2D eigenvalue weighted by Crippen LogP contribution is -2.21. The molecule has 0 bridgehead atoms. The molecule has 0 heterocycles. The number of nitrogens with one attached hydrogen (secondary N) is 1. The Hall–Kier alpha value is -3.86. The van der Waals surface area contributed by atoms with Crippen molar-refractivity contribution in [2.24, 2.45) is 0 Å². The van der Waals surface area contributed by atoms with Gasteiger partial charge in [-0.3, -0.25) is 4.79 Å². The minimum atomic E-state index is -5.08. The Balaban J connectivity index is 0.000000540. The van der Waals surface area contributed by atoms with Crippen molar-refractivity contribution in [3.63, 3.8) is 0 Å². The molecule has 3 aromatic carbocycles. The first kappa shape index (κ1) is 27.4. The normalized spacial score (nSPS) is 10.5. The fraction of sp³-hybridized carbons (Fsp3) is 0.125. The van der Waals surface area contributed by atoms with Crippen LogP contribution in [0.2, 0.25) is 0 Å². The number of halogens is 4. The molecular weight excluding hydrogens is 533 g/mol. The summed E-state index contributed by atoms with van der Waals surface area (Å²) in [6, 6.07) is 21.7. The molecule has 0 aliphatic heterocycles. The lowest BCUT2D eigenvalue weighted by molar-refractivity contribution is -0.192. The standard InChI is InChI=1S/C22H19BrN2O3.C2HF3O2/c1-25(14-15-5-3-2-4-6-15)20-12-11-18(13-19(20)22(27)28)24-21(26)16-7-9-17(23)10-8-16;3-2(4,5)1(6)7/h2-13H,14H2,1H3,(H,24,26)(H,27,28);(H,6,7). The Morgan fingerprint density at radius 1 is 0.943 bits per heavy atom. The summed E-state index contributed by atoms with van der Waals surface area (Å²) in [7, 11) is 1.84. The molecule has 3 N–H and O–H groups in total. The quantitative estimate of drug-likeness (QED) is 0.363. The highest BCUT2D eigenvalue weighted by Gasteiger charge is 2.38. The van der Waals surface area contributed by atoms with Gasteiger partial charge >= 0.3 is 18.1 Å². The van der Waals surface area contributed by atoms with Gasteiger partial charge in [0.1, 0.15) is 0 Å². The van der Waals surface area contributed by atoms with E-state index in [1.165, 1.54) is 6.07 Å². The molecule has 11 heteroatoms. The van der Waals surface area contributed by atoms with Crippen LogP contribution in [0.1, 0.15) is 26.3 Å². The van der Waals surface area contributed by atoms with Crippen molar-refractivity contribution in [3.05, 3.63) is 94.0 Å². The van der Waals surface area contributed by atoms with Crippen LogP contribution in [0.15, 0.2) is 77.3 Å². The summed E-state index contributed by atoms with van der Waals surface area (Å²) in [4.78, 5) is 34.9. The third kappa shape index (κ3) is 8.45. The predicted octanol–water partition coefficient (Wildman–Crippen LogP) is 5.67. The fourth-order valence-electron chi connectivity index (χ4n) is 2.86. The van der Waals surface area contributed by atoms with Crippen molar-refractivity contribution in [1.82, 2.24) is 0 Å². The molecule has 35 heavy (non-hydrogen) atoms. The molecule has 7 nitrogen and oxygen atoms in total. The summed E-state index contributed by atoms with van der Waals surface area (Å²) in [6.45, 7) is 0.575. The van der Waals surface area contributed by atoms with Gasteiger partial charge in [0.05, 0.1) is 11.3 Å². The first-order chi connectivity index (χ1) is 16.4. The van der Waals surface area contributed by atoms with Crippen molar-refractivity contribution < 1.29 is 37.8 Å². The van der Waals surface area contributed by atoms with E-state index in [1.807, 2.05) is 42.3 Å². The summed E-state index contributed by atoms with van der Waals surface area (Å²) < 4.78 is 32.6. The van der Waals surface area contributed by atoms with E-state index in [4.69, 9.17) is 9.90 Å². The van der Waals surface area contributed by atoms with E-state index in [1.54, 1.807) is 36.4 Å². The number of anilines is 2. The molecule has 0 saturated heterocycles. The maximum atomic E-state index is 12.4. The molecule has 0 aliphatic carbocycles. The van der Waals surface area contributed by atoms with Crippen LogP contribution >= 0.6 is 15.9 Å². The monoisotopic (exact) mass is 552 g/mol. The zero-order chi connectivity index (χ0) is 26.2. The van der Waals surface area contributed by atoms with Crippen molar-refractivity contribution in [2.75, 3.05) is 17.3 Å². The number of hydrogen-bond donors (Lipinski definition) is 3. The number of rotatable bonds is 6. The van der Waals surface area contributed by atoms with Gasteiger partial charge in [0.15, 0.2) is 0 Å². The van der Waals surface area contributed by atoms with Crippen molar-refractivity contribution in [1.29, 1.82) is 0 Å². The van der Waals surface area contributed by atoms with E-state index < -0.39 is 18.1 Å². The average molecular weight is 553 g/mol.